The normalized spacial score (nSPS) is 12.4. The Morgan fingerprint density at radius 1 is 0.485 bits per heavy atom. The summed E-state index contributed by atoms with van der Waals surface area (Å²) in [6.45, 7) is 9.01. The van der Waals surface area contributed by atoms with Crippen LogP contribution in [-0.2, 0) is 6.42 Å². The second-order valence-corrected chi connectivity index (χ2v) is 15.7. The van der Waals surface area contributed by atoms with E-state index in [9.17, 15) is 0 Å². The summed E-state index contributed by atoms with van der Waals surface area (Å²) in [5, 5.41) is 2.88. The SMILES string of the molecule is Cc1cc2sc(Cc3cc4sc(-c5cc6c(C)c7sc(C)cc7c(C)c6s5)cc4s3)cc2s1. The minimum Gasteiger partial charge on any atom is -0.140 e. The zero-order chi connectivity index (χ0) is 22.4. The summed E-state index contributed by atoms with van der Waals surface area (Å²) in [7, 11) is 0. The third-order valence-corrected chi connectivity index (χ3v) is 13.4. The first-order valence-electron chi connectivity index (χ1n) is 10.9. The minimum absolute atomic E-state index is 1.06. The van der Waals surface area contributed by atoms with Gasteiger partial charge in [0.05, 0.1) is 0 Å². The molecule has 0 unspecified atom stereocenters. The molecule has 0 fully saturated rings. The standard InChI is InChI=1S/C27H20S6/c1-12-5-18-14(3)27-19(15(4)26(18)29-12)10-23(33-27)25-11-24-22(32-25)9-17(31-24)7-16-8-21-20(30-16)6-13(2)28-21/h5-6,8-11H,7H2,1-4H3. The van der Waals surface area contributed by atoms with E-state index in [2.05, 4.69) is 64.1 Å². The molecule has 7 rings (SSSR count). The van der Waals surface area contributed by atoms with Crippen molar-refractivity contribution in [3.8, 4) is 9.75 Å². The molecule has 164 valence electrons. The fourth-order valence-electron chi connectivity index (χ4n) is 4.74. The van der Waals surface area contributed by atoms with Crippen LogP contribution in [0.3, 0.4) is 0 Å². The topological polar surface area (TPSA) is 0 Å². The van der Waals surface area contributed by atoms with Crippen LogP contribution in [0.1, 0.15) is 30.6 Å². The van der Waals surface area contributed by atoms with Crippen LogP contribution in [0, 0.1) is 27.7 Å². The maximum Gasteiger partial charge on any atom is 0.0464 e. The zero-order valence-electron chi connectivity index (χ0n) is 18.6. The molecule has 0 radical (unpaired) electrons. The Bertz CT molecular complexity index is 1720. The van der Waals surface area contributed by atoms with Crippen molar-refractivity contribution >= 4 is 107 Å². The number of thiophene rings is 6. The number of rotatable bonds is 3. The van der Waals surface area contributed by atoms with Crippen LogP contribution in [0.2, 0.25) is 0 Å². The summed E-state index contributed by atoms with van der Waals surface area (Å²) < 4.78 is 8.67. The lowest BCUT2D eigenvalue weighted by Gasteiger charge is -2.03. The van der Waals surface area contributed by atoms with E-state index in [1.165, 1.54) is 79.4 Å². The molecule has 1 aromatic carbocycles. The number of fused-ring (bicyclic) bond motifs is 4. The Morgan fingerprint density at radius 3 is 1.73 bits per heavy atom. The van der Waals surface area contributed by atoms with E-state index < -0.39 is 0 Å². The molecule has 6 heteroatoms. The Kier molecular flexibility index (Phi) is 4.71. The summed E-state index contributed by atoms with van der Waals surface area (Å²) in [6, 6.07) is 14.4. The van der Waals surface area contributed by atoms with Crippen molar-refractivity contribution in [2.24, 2.45) is 0 Å². The van der Waals surface area contributed by atoms with Crippen LogP contribution in [0.4, 0.5) is 0 Å². The molecule has 0 atom stereocenters. The summed E-state index contributed by atoms with van der Waals surface area (Å²) in [5.41, 5.74) is 2.89. The Hall–Kier alpha value is -1.54. The van der Waals surface area contributed by atoms with Crippen molar-refractivity contribution in [3.63, 3.8) is 0 Å². The molecule has 33 heavy (non-hydrogen) atoms. The maximum atomic E-state index is 2.44. The van der Waals surface area contributed by atoms with Gasteiger partial charge in [0.25, 0.3) is 0 Å². The van der Waals surface area contributed by atoms with Gasteiger partial charge >= 0.3 is 0 Å². The van der Waals surface area contributed by atoms with Gasteiger partial charge in [-0.2, -0.15) is 0 Å². The summed E-state index contributed by atoms with van der Waals surface area (Å²) in [4.78, 5) is 8.60. The van der Waals surface area contributed by atoms with E-state index in [0.29, 0.717) is 0 Å². The quantitative estimate of drug-likeness (QED) is 0.211. The molecule has 0 N–H and O–H groups in total. The second kappa shape index (κ2) is 7.48. The molecule has 0 saturated carbocycles. The number of aryl methyl sites for hydroxylation is 4. The van der Waals surface area contributed by atoms with Crippen LogP contribution in [-0.4, -0.2) is 0 Å². The lowest BCUT2D eigenvalue weighted by molar-refractivity contribution is 1.31. The number of benzene rings is 1. The predicted octanol–water partition coefficient (Wildman–Crippen LogP) is 11.2. The molecule has 7 aromatic rings. The van der Waals surface area contributed by atoms with Crippen LogP contribution in [0.15, 0.2) is 36.4 Å². The summed E-state index contributed by atoms with van der Waals surface area (Å²) in [5.74, 6) is 0. The van der Waals surface area contributed by atoms with Gasteiger partial charge in [-0.1, -0.05) is 0 Å². The van der Waals surface area contributed by atoms with E-state index in [1.54, 1.807) is 0 Å². The van der Waals surface area contributed by atoms with Crippen molar-refractivity contribution < 1.29 is 0 Å². The van der Waals surface area contributed by atoms with Crippen molar-refractivity contribution in [3.05, 3.63) is 67.0 Å². The molecule has 0 bridgehead atoms. The van der Waals surface area contributed by atoms with E-state index in [-0.39, 0.29) is 0 Å². The second-order valence-electron chi connectivity index (χ2n) is 8.73. The average molecular weight is 537 g/mol. The lowest BCUT2D eigenvalue weighted by Crippen LogP contribution is -1.79. The van der Waals surface area contributed by atoms with Crippen molar-refractivity contribution in [1.29, 1.82) is 0 Å². The highest BCUT2D eigenvalue weighted by atomic mass is 32.1. The van der Waals surface area contributed by atoms with E-state index in [1.807, 2.05) is 68.0 Å². The number of hydrogen-bond acceptors (Lipinski definition) is 6. The van der Waals surface area contributed by atoms with Crippen LogP contribution >= 0.6 is 68.0 Å². The Balaban J connectivity index is 1.25. The van der Waals surface area contributed by atoms with Crippen molar-refractivity contribution in [2.45, 2.75) is 34.1 Å². The summed E-state index contributed by atoms with van der Waals surface area (Å²) >= 11 is 11.7. The molecule has 0 amide bonds. The fourth-order valence-corrected chi connectivity index (χ4v) is 12.0. The largest absolute Gasteiger partial charge is 0.140 e. The highest BCUT2D eigenvalue weighted by molar-refractivity contribution is 7.32. The highest BCUT2D eigenvalue weighted by Crippen LogP contribution is 2.47. The van der Waals surface area contributed by atoms with E-state index in [0.717, 1.165) is 6.42 Å². The fraction of sp³-hybridized carbons (Fsp3) is 0.185. The first-order chi connectivity index (χ1) is 15.9. The molecular weight excluding hydrogens is 517 g/mol. The average Bonchev–Trinajstić information content (AvgIpc) is 3.54. The van der Waals surface area contributed by atoms with Crippen molar-refractivity contribution in [1.82, 2.24) is 0 Å². The van der Waals surface area contributed by atoms with Gasteiger partial charge in [-0.3, -0.25) is 0 Å². The highest BCUT2D eigenvalue weighted by Gasteiger charge is 2.17. The molecule has 0 aliphatic carbocycles. The molecule has 0 spiro atoms. The van der Waals surface area contributed by atoms with Gasteiger partial charge in [-0.25, -0.2) is 0 Å². The van der Waals surface area contributed by atoms with Gasteiger partial charge in [-0.15, -0.1) is 68.0 Å². The zero-order valence-corrected chi connectivity index (χ0v) is 23.5. The van der Waals surface area contributed by atoms with Gasteiger partial charge < -0.3 is 0 Å². The van der Waals surface area contributed by atoms with Gasteiger partial charge in [0.15, 0.2) is 0 Å². The Morgan fingerprint density at radius 2 is 1.03 bits per heavy atom. The van der Waals surface area contributed by atoms with E-state index >= 15 is 0 Å². The first-order valence-corrected chi connectivity index (χ1v) is 15.8. The molecule has 0 aliphatic rings. The van der Waals surface area contributed by atoms with Crippen molar-refractivity contribution in [2.75, 3.05) is 0 Å². The van der Waals surface area contributed by atoms with Crippen LogP contribution in [0.5, 0.6) is 0 Å². The molecule has 0 aliphatic heterocycles. The predicted molar refractivity (Wildman–Crippen MR) is 157 cm³/mol. The lowest BCUT2D eigenvalue weighted by atomic mass is 10.0. The van der Waals surface area contributed by atoms with Crippen LogP contribution in [0.25, 0.3) is 48.7 Å². The molecule has 6 heterocycles. The van der Waals surface area contributed by atoms with Gasteiger partial charge in [0, 0.05) is 63.9 Å². The molecule has 0 nitrogen and oxygen atoms in total. The molecule has 6 aromatic heterocycles. The number of hydrogen-bond donors (Lipinski definition) is 0. The smallest absolute Gasteiger partial charge is 0.0464 e. The Labute approximate surface area is 216 Å². The third kappa shape index (κ3) is 3.30. The first kappa shape index (κ1) is 20.8. The maximum absolute atomic E-state index is 2.44. The summed E-state index contributed by atoms with van der Waals surface area (Å²) in [6.07, 6.45) is 1.06. The third-order valence-electron chi connectivity index (χ3n) is 6.31. The van der Waals surface area contributed by atoms with Gasteiger partial charge in [0.2, 0.25) is 0 Å². The molecule has 0 saturated heterocycles. The molecular formula is C27H20S6. The van der Waals surface area contributed by atoms with Gasteiger partial charge in [0.1, 0.15) is 0 Å². The van der Waals surface area contributed by atoms with Crippen LogP contribution < -0.4 is 0 Å². The monoisotopic (exact) mass is 536 g/mol. The van der Waals surface area contributed by atoms with E-state index in [4.69, 9.17) is 0 Å². The minimum atomic E-state index is 1.06. The van der Waals surface area contributed by atoms with Gasteiger partial charge in [-0.05, 0) is 86.0 Å².